The number of aromatic nitrogens is 2. The minimum absolute atomic E-state index is 0.138. The molecule has 1 heterocycles. The number of benzene rings is 1. The summed E-state index contributed by atoms with van der Waals surface area (Å²) in [6.45, 7) is 5.51. The van der Waals surface area contributed by atoms with Crippen LogP contribution in [0.25, 0.3) is 11.4 Å². The van der Waals surface area contributed by atoms with Gasteiger partial charge >= 0.3 is 0 Å². The van der Waals surface area contributed by atoms with Gasteiger partial charge in [-0.15, -0.1) is 0 Å². The zero-order valence-corrected chi connectivity index (χ0v) is 10.7. The quantitative estimate of drug-likeness (QED) is 0.885. The Hall–Kier alpha value is -1.97. The van der Waals surface area contributed by atoms with Crippen molar-refractivity contribution in [3.8, 4) is 11.4 Å². The van der Waals surface area contributed by atoms with Crippen molar-refractivity contribution < 1.29 is 4.39 Å². The zero-order valence-electron chi connectivity index (χ0n) is 10.7. The van der Waals surface area contributed by atoms with Crippen molar-refractivity contribution in [1.82, 2.24) is 9.97 Å². The van der Waals surface area contributed by atoms with Crippen molar-refractivity contribution >= 4 is 0 Å². The van der Waals surface area contributed by atoms with Crippen LogP contribution in [0, 0.1) is 19.7 Å². The van der Waals surface area contributed by atoms with Gasteiger partial charge < -0.3 is 4.98 Å². The number of nitrogens with zero attached hydrogens (tertiary/aromatic N) is 1. The van der Waals surface area contributed by atoms with Crippen LogP contribution in [-0.4, -0.2) is 9.97 Å². The van der Waals surface area contributed by atoms with Crippen molar-refractivity contribution in [1.29, 1.82) is 0 Å². The molecule has 0 saturated heterocycles. The molecule has 1 N–H and O–H groups in total. The van der Waals surface area contributed by atoms with Gasteiger partial charge in [-0.05, 0) is 44.0 Å². The van der Waals surface area contributed by atoms with E-state index in [1.807, 2.05) is 6.92 Å². The molecule has 0 atom stereocenters. The highest BCUT2D eigenvalue weighted by Crippen LogP contribution is 2.20. The summed E-state index contributed by atoms with van der Waals surface area (Å²) >= 11 is 0. The molecule has 4 heteroatoms. The van der Waals surface area contributed by atoms with E-state index >= 15 is 0 Å². The number of rotatable bonds is 2. The molecular weight excluding hydrogens is 231 g/mol. The van der Waals surface area contributed by atoms with E-state index in [-0.39, 0.29) is 11.4 Å². The van der Waals surface area contributed by atoms with Crippen molar-refractivity contribution in [3.63, 3.8) is 0 Å². The summed E-state index contributed by atoms with van der Waals surface area (Å²) in [5.74, 6) is 0.210. The SMILES string of the molecule is CCc1nc(-c2ccc(F)cc2C)[nH]c(=O)c1C. The average molecular weight is 246 g/mol. The van der Waals surface area contributed by atoms with E-state index in [0.29, 0.717) is 17.8 Å². The average Bonchev–Trinajstić information content (AvgIpc) is 2.32. The molecule has 2 rings (SSSR count). The first-order chi connectivity index (χ1) is 8.52. The van der Waals surface area contributed by atoms with Crippen LogP contribution in [0.4, 0.5) is 4.39 Å². The summed E-state index contributed by atoms with van der Waals surface area (Å²) in [5, 5.41) is 0. The number of hydrogen-bond donors (Lipinski definition) is 1. The molecule has 0 aliphatic rings. The van der Waals surface area contributed by atoms with Gasteiger partial charge in [-0.3, -0.25) is 4.79 Å². The van der Waals surface area contributed by atoms with Gasteiger partial charge in [-0.2, -0.15) is 0 Å². The van der Waals surface area contributed by atoms with E-state index in [0.717, 1.165) is 16.8 Å². The Bertz CT molecular complexity index is 647. The van der Waals surface area contributed by atoms with Gasteiger partial charge in [0, 0.05) is 11.1 Å². The van der Waals surface area contributed by atoms with E-state index in [9.17, 15) is 9.18 Å². The highest BCUT2D eigenvalue weighted by atomic mass is 19.1. The fourth-order valence-electron chi connectivity index (χ4n) is 1.94. The van der Waals surface area contributed by atoms with Gasteiger partial charge in [0.05, 0.1) is 5.69 Å². The van der Waals surface area contributed by atoms with Gasteiger partial charge in [0.25, 0.3) is 5.56 Å². The first kappa shape index (κ1) is 12.5. The lowest BCUT2D eigenvalue weighted by Crippen LogP contribution is -2.16. The number of hydrogen-bond acceptors (Lipinski definition) is 2. The molecule has 0 fully saturated rings. The Labute approximate surface area is 105 Å². The lowest BCUT2D eigenvalue weighted by atomic mass is 10.1. The summed E-state index contributed by atoms with van der Waals surface area (Å²) in [7, 11) is 0. The maximum absolute atomic E-state index is 13.1. The third-order valence-corrected chi connectivity index (χ3v) is 3.03. The molecule has 0 unspecified atom stereocenters. The molecule has 0 radical (unpaired) electrons. The first-order valence-corrected chi connectivity index (χ1v) is 5.89. The molecule has 0 aliphatic carbocycles. The molecule has 0 bridgehead atoms. The molecule has 0 saturated carbocycles. The normalized spacial score (nSPS) is 10.7. The molecule has 18 heavy (non-hydrogen) atoms. The highest BCUT2D eigenvalue weighted by molar-refractivity contribution is 5.59. The number of aryl methyl sites for hydroxylation is 2. The molecule has 1 aromatic carbocycles. The Morgan fingerprint density at radius 2 is 2.06 bits per heavy atom. The van der Waals surface area contributed by atoms with Gasteiger partial charge in [-0.1, -0.05) is 6.92 Å². The summed E-state index contributed by atoms with van der Waals surface area (Å²) in [6.07, 6.45) is 0.697. The largest absolute Gasteiger partial charge is 0.306 e. The fourth-order valence-corrected chi connectivity index (χ4v) is 1.94. The Balaban J connectivity index is 2.64. The van der Waals surface area contributed by atoms with Gasteiger partial charge in [0.15, 0.2) is 0 Å². The van der Waals surface area contributed by atoms with E-state index in [1.54, 1.807) is 19.9 Å². The van der Waals surface area contributed by atoms with Crippen LogP contribution in [0.3, 0.4) is 0 Å². The summed E-state index contributed by atoms with van der Waals surface area (Å²) in [5.41, 5.74) is 2.78. The van der Waals surface area contributed by atoms with Crippen LogP contribution in [0.15, 0.2) is 23.0 Å². The topological polar surface area (TPSA) is 45.8 Å². The van der Waals surface area contributed by atoms with Gasteiger partial charge in [0.1, 0.15) is 11.6 Å². The second-order valence-electron chi connectivity index (χ2n) is 4.30. The monoisotopic (exact) mass is 246 g/mol. The Morgan fingerprint density at radius 1 is 1.33 bits per heavy atom. The standard InChI is InChI=1S/C14H15FN2O/c1-4-12-9(3)14(18)17-13(16-12)11-6-5-10(15)7-8(11)2/h5-7H,4H2,1-3H3,(H,16,17,18). The first-order valence-electron chi connectivity index (χ1n) is 5.89. The predicted octanol–water partition coefficient (Wildman–Crippen LogP) is 2.76. The minimum atomic E-state index is -0.290. The summed E-state index contributed by atoms with van der Waals surface area (Å²) in [4.78, 5) is 19.0. The number of halogens is 1. The molecule has 0 amide bonds. The van der Waals surface area contributed by atoms with E-state index in [1.165, 1.54) is 12.1 Å². The van der Waals surface area contributed by atoms with Crippen LogP contribution in [0.2, 0.25) is 0 Å². The van der Waals surface area contributed by atoms with Crippen LogP contribution >= 0.6 is 0 Å². The Morgan fingerprint density at radius 3 is 2.67 bits per heavy atom. The van der Waals surface area contributed by atoms with Crippen LogP contribution in [-0.2, 0) is 6.42 Å². The summed E-state index contributed by atoms with van der Waals surface area (Å²) < 4.78 is 13.1. The lowest BCUT2D eigenvalue weighted by Gasteiger charge is -2.08. The van der Waals surface area contributed by atoms with Crippen LogP contribution in [0.5, 0.6) is 0 Å². The van der Waals surface area contributed by atoms with E-state index in [2.05, 4.69) is 9.97 Å². The molecule has 0 aliphatic heterocycles. The second kappa shape index (κ2) is 4.72. The Kier molecular flexibility index (Phi) is 3.28. The van der Waals surface area contributed by atoms with Crippen LogP contribution < -0.4 is 5.56 Å². The summed E-state index contributed by atoms with van der Waals surface area (Å²) in [6, 6.07) is 4.44. The maximum atomic E-state index is 13.1. The maximum Gasteiger partial charge on any atom is 0.254 e. The third kappa shape index (κ3) is 2.18. The van der Waals surface area contributed by atoms with Gasteiger partial charge in [-0.25, -0.2) is 9.37 Å². The van der Waals surface area contributed by atoms with Gasteiger partial charge in [0.2, 0.25) is 0 Å². The number of nitrogens with one attached hydrogen (secondary N) is 1. The number of H-pyrrole nitrogens is 1. The second-order valence-corrected chi connectivity index (χ2v) is 4.30. The predicted molar refractivity (Wildman–Crippen MR) is 69.1 cm³/mol. The van der Waals surface area contributed by atoms with Crippen molar-refractivity contribution in [2.24, 2.45) is 0 Å². The molecule has 94 valence electrons. The molecule has 0 spiro atoms. The molecule has 1 aromatic heterocycles. The van der Waals surface area contributed by atoms with Crippen molar-refractivity contribution in [2.45, 2.75) is 27.2 Å². The van der Waals surface area contributed by atoms with E-state index in [4.69, 9.17) is 0 Å². The molecular formula is C14H15FN2O. The van der Waals surface area contributed by atoms with Crippen LogP contribution in [0.1, 0.15) is 23.7 Å². The third-order valence-electron chi connectivity index (χ3n) is 3.03. The molecule has 2 aromatic rings. The number of aromatic amines is 1. The highest BCUT2D eigenvalue weighted by Gasteiger charge is 2.10. The smallest absolute Gasteiger partial charge is 0.254 e. The van der Waals surface area contributed by atoms with Crippen molar-refractivity contribution in [2.75, 3.05) is 0 Å². The fraction of sp³-hybridized carbons (Fsp3) is 0.286. The molecule has 3 nitrogen and oxygen atoms in total. The zero-order chi connectivity index (χ0) is 13.3. The van der Waals surface area contributed by atoms with E-state index < -0.39 is 0 Å². The minimum Gasteiger partial charge on any atom is -0.306 e. The lowest BCUT2D eigenvalue weighted by molar-refractivity contribution is 0.627. The van der Waals surface area contributed by atoms with Crippen molar-refractivity contribution in [3.05, 3.63) is 51.2 Å².